The summed E-state index contributed by atoms with van der Waals surface area (Å²) in [5.41, 5.74) is -0.505. The standard InChI is InChI=1S/C14H26O3/c1-13(2,16)7-9-17-10-8-14(3)6-4-5-12(15)11-14/h16H,4-11H2,1-3H3/t14-/m0/s1. The highest BCUT2D eigenvalue weighted by molar-refractivity contribution is 5.79. The van der Waals surface area contributed by atoms with Gasteiger partial charge in [0.2, 0.25) is 0 Å². The van der Waals surface area contributed by atoms with Gasteiger partial charge in [-0.1, -0.05) is 6.92 Å². The van der Waals surface area contributed by atoms with Crippen molar-refractivity contribution in [2.45, 2.75) is 64.9 Å². The molecule has 0 bridgehead atoms. The third kappa shape index (κ3) is 6.18. The number of Topliss-reactive ketones (excluding diaryl/α,β-unsaturated/α-hetero) is 1. The Balaban J connectivity index is 2.15. The molecule has 17 heavy (non-hydrogen) atoms. The molecule has 0 heterocycles. The number of ether oxygens (including phenoxy) is 1. The van der Waals surface area contributed by atoms with E-state index in [9.17, 15) is 9.90 Å². The third-order valence-corrected chi connectivity index (χ3v) is 3.57. The monoisotopic (exact) mass is 242 g/mol. The van der Waals surface area contributed by atoms with Crippen LogP contribution in [0, 0.1) is 5.41 Å². The van der Waals surface area contributed by atoms with E-state index < -0.39 is 5.60 Å². The Morgan fingerprint density at radius 2 is 2.12 bits per heavy atom. The molecule has 0 aromatic rings. The molecule has 100 valence electrons. The van der Waals surface area contributed by atoms with E-state index in [0.717, 1.165) is 25.7 Å². The van der Waals surface area contributed by atoms with Gasteiger partial charge in [0, 0.05) is 26.1 Å². The number of hydrogen-bond donors (Lipinski definition) is 1. The SMILES string of the molecule is CC(C)(O)CCOCC[C@]1(C)CCCC(=O)C1. The summed E-state index contributed by atoms with van der Waals surface area (Å²) in [6, 6.07) is 0. The van der Waals surface area contributed by atoms with E-state index in [2.05, 4.69) is 6.92 Å². The fourth-order valence-corrected chi connectivity index (χ4v) is 2.32. The van der Waals surface area contributed by atoms with Gasteiger partial charge in [0.1, 0.15) is 5.78 Å². The van der Waals surface area contributed by atoms with Gasteiger partial charge in [0.15, 0.2) is 0 Å². The maximum Gasteiger partial charge on any atom is 0.133 e. The zero-order valence-corrected chi connectivity index (χ0v) is 11.4. The molecule has 0 spiro atoms. The Labute approximate surface area is 105 Å². The van der Waals surface area contributed by atoms with Crippen molar-refractivity contribution in [3.05, 3.63) is 0 Å². The average Bonchev–Trinajstić information content (AvgIpc) is 2.14. The number of aliphatic hydroxyl groups is 1. The molecule has 0 aromatic carbocycles. The van der Waals surface area contributed by atoms with Gasteiger partial charge in [-0.15, -0.1) is 0 Å². The Bertz CT molecular complexity index is 255. The third-order valence-electron chi connectivity index (χ3n) is 3.57. The normalized spacial score (nSPS) is 26.2. The Hall–Kier alpha value is -0.410. The highest BCUT2D eigenvalue weighted by Crippen LogP contribution is 2.36. The van der Waals surface area contributed by atoms with Gasteiger partial charge in [0.25, 0.3) is 0 Å². The summed E-state index contributed by atoms with van der Waals surface area (Å²) in [5.74, 6) is 0.398. The van der Waals surface area contributed by atoms with Crippen LogP contribution in [0.2, 0.25) is 0 Å². The summed E-state index contributed by atoms with van der Waals surface area (Å²) in [5, 5.41) is 9.53. The molecule has 1 saturated carbocycles. The minimum Gasteiger partial charge on any atom is -0.390 e. The zero-order valence-electron chi connectivity index (χ0n) is 11.4. The molecule has 3 nitrogen and oxygen atoms in total. The predicted octanol–water partition coefficient (Wildman–Crippen LogP) is 2.70. The van der Waals surface area contributed by atoms with Crippen LogP contribution in [0.5, 0.6) is 0 Å². The van der Waals surface area contributed by atoms with E-state index in [4.69, 9.17) is 4.74 Å². The Kier molecular flexibility index (Phi) is 5.14. The van der Waals surface area contributed by atoms with Crippen LogP contribution < -0.4 is 0 Å². The van der Waals surface area contributed by atoms with Crippen molar-refractivity contribution in [2.75, 3.05) is 13.2 Å². The summed E-state index contributed by atoms with van der Waals surface area (Å²) in [6.07, 6.45) is 5.23. The number of hydrogen-bond acceptors (Lipinski definition) is 3. The van der Waals surface area contributed by atoms with Gasteiger partial charge in [0.05, 0.1) is 5.60 Å². The Morgan fingerprint density at radius 1 is 1.41 bits per heavy atom. The largest absolute Gasteiger partial charge is 0.390 e. The summed E-state index contributed by atoms with van der Waals surface area (Å²) in [6.45, 7) is 7.05. The number of carbonyl (C=O) groups is 1. The molecule has 0 aliphatic heterocycles. The molecular formula is C14H26O3. The van der Waals surface area contributed by atoms with E-state index in [1.807, 2.05) is 0 Å². The molecule has 0 radical (unpaired) electrons. The second-order valence-corrected chi connectivity index (χ2v) is 6.30. The van der Waals surface area contributed by atoms with Gasteiger partial charge in [-0.05, 0) is 44.9 Å². The quantitative estimate of drug-likeness (QED) is 0.728. The molecule has 1 rings (SSSR count). The number of carbonyl (C=O) groups excluding carboxylic acids is 1. The lowest BCUT2D eigenvalue weighted by atomic mass is 9.73. The molecular weight excluding hydrogens is 216 g/mol. The van der Waals surface area contributed by atoms with Crippen molar-refractivity contribution in [3.63, 3.8) is 0 Å². The van der Waals surface area contributed by atoms with Crippen molar-refractivity contribution >= 4 is 5.78 Å². The van der Waals surface area contributed by atoms with E-state index >= 15 is 0 Å². The van der Waals surface area contributed by atoms with Crippen LogP contribution in [-0.2, 0) is 9.53 Å². The molecule has 1 N–H and O–H groups in total. The Morgan fingerprint density at radius 3 is 2.71 bits per heavy atom. The second kappa shape index (κ2) is 5.96. The average molecular weight is 242 g/mol. The number of ketones is 1. The molecule has 1 aliphatic carbocycles. The maximum atomic E-state index is 11.4. The van der Waals surface area contributed by atoms with Gasteiger partial charge in [-0.25, -0.2) is 0 Å². The van der Waals surface area contributed by atoms with Crippen LogP contribution >= 0.6 is 0 Å². The summed E-state index contributed by atoms with van der Waals surface area (Å²) in [4.78, 5) is 11.4. The molecule has 1 fully saturated rings. The van der Waals surface area contributed by atoms with E-state index in [1.165, 1.54) is 0 Å². The first-order chi connectivity index (χ1) is 7.81. The first-order valence-corrected chi connectivity index (χ1v) is 6.63. The smallest absolute Gasteiger partial charge is 0.133 e. The van der Waals surface area contributed by atoms with Crippen molar-refractivity contribution in [3.8, 4) is 0 Å². The van der Waals surface area contributed by atoms with Crippen LogP contribution in [0.25, 0.3) is 0 Å². The molecule has 0 amide bonds. The van der Waals surface area contributed by atoms with Crippen LogP contribution in [-0.4, -0.2) is 29.7 Å². The van der Waals surface area contributed by atoms with Crippen molar-refractivity contribution in [1.29, 1.82) is 0 Å². The van der Waals surface area contributed by atoms with Crippen molar-refractivity contribution < 1.29 is 14.6 Å². The highest BCUT2D eigenvalue weighted by atomic mass is 16.5. The molecule has 0 saturated heterocycles. The molecule has 3 heteroatoms. The van der Waals surface area contributed by atoms with Gasteiger partial charge in [-0.3, -0.25) is 4.79 Å². The fraction of sp³-hybridized carbons (Fsp3) is 0.929. The molecule has 1 aliphatic rings. The molecule has 1 atom stereocenters. The van der Waals surface area contributed by atoms with Gasteiger partial charge < -0.3 is 9.84 Å². The lowest BCUT2D eigenvalue weighted by molar-refractivity contribution is -0.123. The minimum absolute atomic E-state index is 0.143. The summed E-state index contributed by atoms with van der Waals surface area (Å²) >= 11 is 0. The number of rotatable bonds is 6. The van der Waals surface area contributed by atoms with Crippen LogP contribution in [0.15, 0.2) is 0 Å². The van der Waals surface area contributed by atoms with E-state index in [-0.39, 0.29) is 5.41 Å². The highest BCUT2D eigenvalue weighted by Gasteiger charge is 2.30. The molecule has 0 unspecified atom stereocenters. The topological polar surface area (TPSA) is 46.5 Å². The van der Waals surface area contributed by atoms with Gasteiger partial charge >= 0.3 is 0 Å². The van der Waals surface area contributed by atoms with Crippen molar-refractivity contribution in [2.24, 2.45) is 5.41 Å². The molecule has 0 aromatic heterocycles. The summed E-state index contributed by atoms with van der Waals surface area (Å²) in [7, 11) is 0. The van der Waals surface area contributed by atoms with E-state index in [1.54, 1.807) is 13.8 Å². The van der Waals surface area contributed by atoms with Crippen LogP contribution in [0.1, 0.15) is 59.3 Å². The lowest BCUT2D eigenvalue weighted by Gasteiger charge is -2.32. The van der Waals surface area contributed by atoms with Crippen LogP contribution in [0.4, 0.5) is 0 Å². The predicted molar refractivity (Wildman–Crippen MR) is 67.9 cm³/mol. The summed E-state index contributed by atoms with van der Waals surface area (Å²) < 4.78 is 5.54. The zero-order chi connectivity index (χ0) is 12.9. The maximum absolute atomic E-state index is 11.4. The first-order valence-electron chi connectivity index (χ1n) is 6.63. The second-order valence-electron chi connectivity index (χ2n) is 6.30. The lowest BCUT2D eigenvalue weighted by Crippen LogP contribution is -2.27. The van der Waals surface area contributed by atoms with Crippen molar-refractivity contribution in [1.82, 2.24) is 0 Å². The van der Waals surface area contributed by atoms with E-state index in [0.29, 0.717) is 31.8 Å². The fourth-order valence-electron chi connectivity index (χ4n) is 2.32. The van der Waals surface area contributed by atoms with Gasteiger partial charge in [-0.2, -0.15) is 0 Å². The van der Waals surface area contributed by atoms with Crippen LogP contribution in [0.3, 0.4) is 0 Å². The first kappa shape index (κ1) is 14.7. The minimum atomic E-state index is -0.648.